The van der Waals surface area contributed by atoms with Gasteiger partial charge in [0.1, 0.15) is 5.82 Å². The maximum atomic E-state index is 13.0. The van der Waals surface area contributed by atoms with E-state index in [2.05, 4.69) is 15.9 Å². The van der Waals surface area contributed by atoms with E-state index in [1.807, 2.05) is 6.07 Å². The summed E-state index contributed by atoms with van der Waals surface area (Å²) in [5.74, 6) is 0.659. The average molecular weight is 287 g/mol. The second kappa shape index (κ2) is 5.78. The van der Waals surface area contributed by atoms with Gasteiger partial charge in [-0.25, -0.2) is 4.39 Å². The SMILES string of the molecule is Fc1cc(Br)cc(COCCC2CCC2)c1. The average Bonchev–Trinajstić information content (AvgIpc) is 2.13. The van der Waals surface area contributed by atoms with Crippen LogP contribution in [0.5, 0.6) is 0 Å². The predicted octanol–water partition coefficient (Wildman–Crippen LogP) is 4.30. The van der Waals surface area contributed by atoms with E-state index >= 15 is 0 Å². The third-order valence-corrected chi connectivity index (χ3v) is 3.54. The third kappa shape index (κ3) is 3.56. The van der Waals surface area contributed by atoms with Gasteiger partial charge in [0.2, 0.25) is 0 Å². The van der Waals surface area contributed by atoms with Crippen LogP contribution in [-0.2, 0) is 11.3 Å². The molecule has 2 rings (SSSR count). The van der Waals surface area contributed by atoms with Gasteiger partial charge in [-0.3, -0.25) is 0 Å². The number of hydrogen-bond donors (Lipinski definition) is 0. The Morgan fingerprint density at radius 3 is 2.75 bits per heavy atom. The Morgan fingerprint density at radius 2 is 2.12 bits per heavy atom. The fourth-order valence-electron chi connectivity index (χ4n) is 1.92. The lowest BCUT2D eigenvalue weighted by molar-refractivity contribution is 0.0948. The Morgan fingerprint density at radius 1 is 1.31 bits per heavy atom. The quantitative estimate of drug-likeness (QED) is 0.734. The van der Waals surface area contributed by atoms with Crippen LogP contribution in [0.2, 0.25) is 0 Å². The van der Waals surface area contributed by atoms with Gasteiger partial charge in [0, 0.05) is 11.1 Å². The second-order valence-corrected chi connectivity index (χ2v) is 5.33. The predicted molar refractivity (Wildman–Crippen MR) is 65.7 cm³/mol. The van der Waals surface area contributed by atoms with Crippen molar-refractivity contribution in [2.45, 2.75) is 32.3 Å². The molecule has 0 radical (unpaired) electrons. The molecule has 0 spiro atoms. The van der Waals surface area contributed by atoms with E-state index in [9.17, 15) is 4.39 Å². The highest BCUT2D eigenvalue weighted by Gasteiger charge is 2.16. The fraction of sp³-hybridized carbons (Fsp3) is 0.538. The van der Waals surface area contributed by atoms with Crippen LogP contribution >= 0.6 is 15.9 Å². The maximum Gasteiger partial charge on any atom is 0.124 e. The smallest absolute Gasteiger partial charge is 0.124 e. The molecular formula is C13H16BrFO. The van der Waals surface area contributed by atoms with Crippen molar-refractivity contribution >= 4 is 15.9 Å². The van der Waals surface area contributed by atoms with E-state index in [0.29, 0.717) is 6.61 Å². The van der Waals surface area contributed by atoms with E-state index in [4.69, 9.17) is 4.74 Å². The Balaban J connectivity index is 1.71. The van der Waals surface area contributed by atoms with Gasteiger partial charge in [-0.05, 0) is 36.1 Å². The zero-order valence-corrected chi connectivity index (χ0v) is 10.8. The summed E-state index contributed by atoms with van der Waals surface area (Å²) in [5.41, 5.74) is 0.889. The van der Waals surface area contributed by atoms with Gasteiger partial charge in [0.25, 0.3) is 0 Å². The molecule has 0 saturated heterocycles. The summed E-state index contributed by atoms with van der Waals surface area (Å²) in [5, 5.41) is 0. The van der Waals surface area contributed by atoms with Gasteiger partial charge < -0.3 is 4.74 Å². The van der Waals surface area contributed by atoms with Gasteiger partial charge in [-0.1, -0.05) is 35.2 Å². The molecule has 1 aliphatic rings. The highest BCUT2D eigenvalue weighted by Crippen LogP contribution is 2.29. The van der Waals surface area contributed by atoms with Crippen LogP contribution in [0.15, 0.2) is 22.7 Å². The zero-order valence-electron chi connectivity index (χ0n) is 9.22. The van der Waals surface area contributed by atoms with Crippen molar-refractivity contribution in [3.05, 3.63) is 34.1 Å². The second-order valence-electron chi connectivity index (χ2n) is 4.42. The summed E-state index contributed by atoms with van der Waals surface area (Å²) in [6.07, 6.45) is 5.24. The molecule has 0 bridgehead atoms. The summed E-state index contributed by atoms with van der Waals surface area (Å²) in [6.45, 7) is 1.29. The largest absolute Gasteiger partial charge is 0.377 e. The van der Waals surface area contributed by atoms with Crippen molar-refractivity contribution in [1.29, 1.82) is 0 Å². The first kappa shape index (κ1) is 12.1. The Bertz CT molecular complexity index is 330. The maximum absolute atomic E-state index is 13.0. The summed E-state index contributed by atoms with van der Waals surface area (Å²) in [4.78, 5) is 0. The molecular weight excluding hydrogens is 271 g/mol. The Hall–Kier alpha value is -0.410. The molecule has 3 heteroatoms. The van der Waals surface area contributed by atoms with E-state index in [-0.39, 0.29) is 5.82 Å². The number of rotatable bonds is 5. The van der Waals surface area contributed by atoms with Crippen molar-refractivity contribution in [3.63, 3.8) is 0 Å². The van der Waals surface area contributed by atoms with Crippen LogP contribution < -0.4 is 0 Å². The molecule has 0 aromatic heterocycles. The fourth-order valence-corrected chi connectivity index (χ4v) is 2.43. The first-order valence-corrected chi connectivity index (χ1v) is 6.56. The molecule has 1 nitrogen and oxygen atoms in total. The van der Waals surface area contributed by atoms with Crippen molar-refractivity contribution < 1.29 is 9.13 Å². The molecule has 0 amide bonds. The molecule has 1 saturated carbocycles. The molecule has 1 aromatic carbocycles. The molecule has 1 aliphatic carbocycles. The molecule has 16 heavy (non-hydrogen) atoms. The van der Waals surface area contributed by atoms with E-state index in [0.717, 1.165) is 29.0 Å². The minimum absolute atomic E-state index is 0.216. The lowest BCUT2D eigenvalue weighted by atomic mass is 9.83. The van der Waals surface area contributed by atoms with Gasteiger partial charge in [0.15, 0.2) is 0 Å². The zero-order chi connectivity index (χ0) is 11.4. The van der Waals surface area contributed by atoms with Crippen LogP contribution in [0.1, 0.15) is 31.2 Å². The molecule has 1 fully saturated rings. The normalized spacial score (nSPS) is 16.1. The van der Waals surface area contributed by atoms with Crippen molar-refractivity contribution in [2.24, 2.45) is 5.92 Å². The highest BCUT2D eigenvalue weighted by atomic mass is 79.9. The molecule has 0 aliphatic heterocycles. The van der Waals surface area contributed by atoms with Gasteiger partial charge in [-0.15, -0.1) is 0 Å². The molecule has 0 N–H and O–H groups in total. The lowest BCUT2D eigenvalue weighted by Gasteiger charge is -2.24. The Kier molecular flexibility index (Phi) is 4.36. The highest BCUT2D eigenvalue weighted by molar-refractivity contribution is 9.10. The summed E-state index contributed by atoms with van der Waals surface area (Å²) < 4.78 is 19.4. The molecule has 0 atom stereocenters. The molecule has 0 heterocycles. The van der Waals surface area contributed by atoms with Crippen LogP contribution in [0.4, 0.5) is 4.39 Å². The summed E-state index contributed by atoms with van der Waals surface area (Å²) in [7, 11) is 0. The van der Waals surface area contributed by atoms with Gasteiger partial charge in [0.05, 0.1) is 6.61 Å². The molecule has 1 aromatic rings. The van der Waals surface area contributed by atoms with Crippen LogP contribution in [-0.4, -0.2) is 6.61 Å². The minimum atomic E-state index is -0.216. The van der Waals surface area contributed by atoms with Crippen molar-refractivity contribution in [1.82, 2.24) is 0 Å². The minimum Gasteiger partial charge on any atom is -0.377 e. The topological polar surface area (TPSA) is 9.23 Å². The Labute approximate surface area is 104 Å². The number of ether oxygens (including phenoxy) is 1. The lowest BCUT2D eigenvalue weighted by Crippen LogP contribution is -2.13. The van der Waals surface area contributed by atoms with Gasteiger partial charge in [-0.2, -0.15) is 0 Å². The van der Waals surface area contributed by atoms with E-state index in [1.165, 1.54) is 31.4 Å². The number of hydrogen-bond acceptors (Lipinski definition) is 1. The molecule has 88 valence electrons. The van der Waals surface area contributed by atoms with Crippen molar-refractivity contribution in [3.8, 4) is 0 Å². The monoisotopic (exact) mass is 286 g/mol. The van der Waals surface area contributed by atoms with Crippen LogP contribution in [0.25, 0.3) is 0 Å². The first-order chi connectivity index (χ1) is 7.74. The first-order valence-electron chi connectivity index (χ1n) is 5.77. The van der Waals surface area contributed by atoms with Crippen molar-refractivity contribution in [2.75, 3.05) is 6.61 Å². The standard InChI is InChI=1S/C13H16BrFO/c14-12-6-11(7-13(15)8-12)9-16-5-4-10-2-1-3-10/h6-8,10H,1-5,9H2. The summed E-state index contributed by atoms with van der Waals surface area (Å²) in [6, 6.07) is 4.87. The van der Waals surface area contributed by atoms with Crippen LogP contribution in [0, 0.1) is 11.7 Å². The molecule has 0 unspecified atom stereocenters. The number of halogens is 2. The summed E-state index contributed by atoms with van der Waals surface area (Å²) >= 11 is 3.27. The van der Waals surface area contributed by atoms with E-state index < -0.39 is 0 Å². The van der Waals surface area contributed by atoms with Crippen LogP contribution in [0.3, 0.4) is 0 Å². The van der Waals surface area contributed by atoms with Gasteiger partial charge >= 0.3 is 0 Å². The third-order valence-electron chi connectivity index (χ3n) is 3.09. The number of benzene rings is 1. The van der Waals surface area contributed by atoms with E-state index in [1.54, 1.807) is 0 Å².